The number of furan rings is 1. The van der Waals surface area contributed by atoms with Crippen molar-refractivity contribution in [2.24, 2.45) is 0 Å². The van der Waals surface area contributed by atoms with Gasteiger partial charge in [0.1, 0.15) is 5.58 Å². The van der Waals surface area contributed by atoms with Gasteiger partial charge in [-0.05, 0) is 13.0 Å². The molecule has 98 valence electrons. The Morgan fingerprint density at radius 2 is 2.22 bits per heavy atom. The number of fused-ring (bicyclic) bond motifs is 1. The summed E-state index contributed by atoms with van der Waals surface area (Å²) in [5, 5.41) is 4.71. The van der Waals surface area contributed by atoms with Crippen LogP contribution < -0.4 is 5.32 Å². The monoisotopic (exact) mass is 266 g/mol. The number of benzene rings is 1. The molecule has 1 aliphatic rings. The van der Waals surface area contributed by atoms with E-state index in [9.17, 15) is 0 Å². The maximum absolute atomic E-state index is 5.58. The van der Waals surface area contributed by atoms with Crippen molar-refractivity contribution < 1.29 is 4.42 Å². The summed E-state index contributed by atoms with van der Waals surface area (Å²) in [7, 11) is 0. The van der Waals surface area contributed by atoms with Gasteiger partial charge >= 0.3 is 0 Å². The van der Waals surface area contributed by atoms with Gasteiger partial charge in [0.15, 0.2) is 0 Å². The number of hydrogen-bond acceptors (Lipinski definition) is 3. The van der Waals surface area contributed by atoms with E-state index in [0.29, 0.717) is 6.04 Å². The van der Waals surface area contributed by atoms with Crippen LogP contribution in [0, 0.1) is 0 Å². The lowest BCUT2D eigenvalue weighted by Crippen LogP contribution is -2.48. The highest BCUT2D eigenvalue weighted by atomic mass is 35.5. The molecule has 3 nitrogen and oxygen atoms in total. The van der Waals surface area contributed by atoms with E-state index >= 15 is 0 Å². The van der Waals surface area contributed by atoms with Crippen LogP contribution >= 0.6 is 12.4 Å². The zero-order valence-electron chi connectivity index (χ0n) is 10.6. The molecule has 1 aromatic carbocycles. The minimum atomic E-state index is 0. The van der Waals surface area contributed by atoms with E-state index in [-0.39, 0.29) is 12.4 Å². The van der Waals surface area contributed by atoms with E-state index in [2.05, 4.69) is 29.3 Å². The minimum absolute atomic E-state index is 0. The smallest absolute Gasteiger partial charge is 0.134 e. The summed E-state index contributed by atoms with van der Waals surface area (Å²) in [6.07, 6.45) is 1.90. The molecule has 0 radical (unpaired) electrons. The molecular weight excluding hydrogens is 248 g/mol. The number of nitrogens with zero attached hydrogens (tertiary/aromatic N) is 1. The predicted molar refractivity (Wildman–Crippen MR) is 76.2 cm³/mol. The van der Waals surface area contributed by atoms with Crippen LogP contribution in [0.25, 0.3) is 11.0 Å². The Kier molecular flexibility index (Phi) is 4.27. The maximum Gasteiger partial charge on any atom is 0.134 e. The van der Waals surface area contributed by atoms with Crippen LogP contribution in [-0.4, -0.2) is 30.6 Å². The lowest BCUT2D eigenvalue weighted by atomic mass is 10.1. The number of rotatable bonds is 2. The molecule has 18 heavy (non-hydrogen) atoms. The van der Waals surface area contributed by atoms with E-state index in [1.165, 1.54) is 10.9 Å². The molecule has 1 fully saturated rings. The van der Waals surface area contributed by atoms with Crippen LogP contribution in [0.4, 0.5) is 0 Å². The van der Waals surface area contributed by atoms with E-state index in [1.807, 2.05) is 18.4 Å². The zero-order chi connectivity index (χ0) is 11.7. The number of halogens is 1. The van der Waals surface area contributed by atoms with E-state index < -0.39 is 0 Å². The second kappa shape index (κ2) is 5.74. The predicted octanol–water partition coefficient (Wildman–Crippen LogP) is 2.65. The van der Waals surface area contributed by atoms with Crippen molar-refractivity contribution in [2.45, 2.75) is 19.5 Å². The summed E-state index contributed by atoms with van der Waals surface area (Å²) < 4.78 is 5.58. The van der Waals surface area contributed by atoms with Gasteiger partial charge in [0.25, 0.3) is 0 Å². The molecule has 3 rings (SSSR count). The normalized spacial score (nSPS) is 20.8. The molecule has 0 saturated carbocycles. The molecule has 1 N–H and O–H groups in total. The van der Waals surface area contributed by atoms with Crippen molar-refractivity contribution in [2.75, 3.05) is 19.6 Å². The van der Waals surface area contributed by atoms with Gasteiger partial charge in [-0.2, -0.15) is 0 Å². The summed E-state index contributed by atoms with van der Waals surface area (Å²) in [5.41, 5.74) is 2.29. The van der Waals surface area contributed by atoms with Gasteiger partial charge in [-0.25, -0.2) is 0 Å². The van der Waals surface area contributed by atoms with Crippen molar-refractivity contribution in [3.63, 3.8) is 0 Å². The van der Waals surface area contributed by atoms with Crippen molar-refractivity contribution >= 4 is 23.4 Å². The third-order valence-corrected chi connectivity index (χ3v) is 3.41. The SMILES string of the molecule is C[C@@H]1CN(Cc2coc3ccccc23)CCN1.Cl. The van der Waals surface area contributed by atoms with Crippen LogP contribution in [-0.2, 0) is 6.54 Å². The number of piperazine rings is 1. The average Bonchev–Trinajstić information content (AvgIpc) is 2.73. The Hall–Kier alpha value is -1.03. The van der Waals surface area contributed by atoms with Crippen LogP contribution in [0.1, 0.15) is 12.5 Å². The van der Waals surface area contributed by atoms with Crippen LogP contribution in [0.2, 0.25) is 0 Å². The lowest BCUT2D eigenvalue weighted by molar-refractivity contribution is 0.200. The van der Waals surface area contributed by atoms with Crippen molar-refractivity contribution in [1.29, 1.82) is 0 Å². The fourth-order valence-corrected chi connectivity index (χ4v) is 2.55. The maximum atomic E-state index is 5.58. The summed E-state index contributed by atoms with van der Waals surface area (Å²) in [6, 6.07) is 8.84. The largest absolute Gasteiger partial charge is 0.464 e. The first kappa shape index (κ1) is 13.4. The topological polar surface area (TPSA) is 28.4 Å². The Balaban J connectivity index is 0.00000120. The van der Waals surface area contributed by atoms with Crippen molar-refractivity contribution in [3.8, 4) is 0 Å². The molecule has 0 spiro atoms. The first-order valence-corrected chi connectivity index (χ1v) is 6.24. The Morgan fingerprint density at radius 1 is 1.39 bits per heavy atom. The Morgan fingerprint density at radius 3 is 3.06 bits per heavy atom. The molecule has 1 atom stereocenters. The molecule has 1 aliphatic heterocycles. The zero-order valence-corrected chi connectivity index (χ0v) is 11.4. The number of nitrogens with one attached hydrogen (secondary N) is 1. The van der Waals surface area contributed by atoms with Crippen LogP contribution in [0.15, 0.2) is 34.9 Å². The molecule has 1 saturated heterocycles. The molecule has 2 heterocycles. The second-order valence-corrected chi connectivity index (χ2v) is 4.85. The van der Waals surface area contributed by atoms with Gasteiger partial charge in [0.2, 0.25) is 0 Å². The number of para-hydroxylation sites is 1. The quantitative estimate of drug-likeness (QED) is 0.906. The molecule has 0 unspecified atom stereocenters. The third-order valence-electron chi connectivity index (χ3n) is 3.41. The molecule has 1 aromatic heterocycles. The van der Waals surface area contributed by atoms with Gasteiger partial charge in [0.05, 0.1) is 6.26 Å². The van der Waals surface area contributed by atoms with Gasteiger partial charge in [-0.1, -0.05) is 18.2 Å². The van der Waals surface area contributed by atoms with Gasteiger partial charge in [-0.15, -0.1) is 12.4 Å². The number of hydrogen-bond donors (Lipinski definition) is 1. The van der Waals surface area contributed by atoms with E-state index in [4.69, 9.17) is 4.42 Å². The van der Waals surface area contributed by atoms with Crippen LogP contribution in [0.5, 0.6) is 0 Å². The summed E-state index contributed by atoms with van der Waals surface area (Å²) in [6.45, 7) is 6.53. The van der Waals surface area contributed by atoms with E-state index in [1.54, 1.807) is 0 Å². The highest BCUT2D eigenvalue weighted by Crippen LogP contribution is 2.22. The lowest BCUT2D eigenvalue weighted by Gasteiger charge is -2.31. The first-order valence-electron chi connectivity index (χ1n) is 6.24. The average molecular weight is 267 g/mol. The van der Waals surface area contributed by atoms with Crippen molar-refractivity contribution in [1.82, 2.24) is 10.2 Å². The van der Waals surface area contributed by atoms with Crippen LogP contribution in [0.3, 0.4) is 0 Å². The highest BCUT2D eigenvalue weighted by molar-refractivity contribution is 5.85. The Bertz CT molecular complexity index is 511. The van der Waals surface area contributed by atoms with Gasteiger partial charge in [-0.3, -0.25) is 4.90 Å². The highest BCUT2D eigenvalue weighted by Gasteiger charge is 2.17. The molecule has 2 aromatic rings. The molecular formula is C14H19ClN2O. The molecule has 4 heteroatoms. The summed E-state index contributed by atoms with van der Waals surface area (Å²) >= 11 is 0. The first-order chi connectivity index (χ1) is 8.33. The Labute approximate surface area is 114 Å². The molecule has 0 bridgehead atoms. The van der Waals surface area contributed by atoms with E-state index in [0.717, 1.165) is 31.8 Å². The summed E-state index contributed by atoms with van der Waals surface area (Å²) in [4.78, 5) is 2.48. The fourth-order valence-electron chi connectivity index (χ4n) is 2.55. The molecule has 0 amide bonds. The third kappa shape index (κ3) is 2.69. The molecule has 0 aliphatic carbocycles. The van der Waals surface area contributed by atoms with Crippen molar-refractivity contribution in [3.05, 3.63) is 36.1 Å². The fraction of sp³-hybridized carbons (Fsp3) is 0.429. The van der Waals surface area contributed by atoms with Gasteiger partial charge in [0, 0.05) is 43.2 Å². The standard InChI is InChI=1S/C14H18N2O.ClH/c1-11-8-16(7-6-15-11)9-12-10-17-14-5-3-2-4-13(12)14;/h2-5,10-11,15H,6-9H2,1H3;1H/t11-;/m1./s1. The summed E-state index contributed by atoms with van der Waals surface area (Å²) in [5.74, 6) is 0. The minimum Gasteiger partial charge on any atom is -0.464 e. The second-order valence-electron chi connectivity index (χ2n) is 4.85. The van der Waals surface area contributed by atoms with Gasteiger partial charge < -0.3 is 9.73 Å².